The molecule has 0 aromatic rings. The maximum absolute atomic E-state index is 11.1. The third-order valence-electron chi connectivity index (χ3n) is 2.85. The van der Waals surface area contributed by atoms with Crippen molar-refractivity contribution < 1.29 is 4.21 Å². The van der Waals surface area contributed by atoms with Crippen LogP contribution in [0.25, 0.3) is 0 Å². The lowest BCUT2D eigenvalue weighted by Crippen LogP contribution is -2.36. The topological polar surface area (TPSA) is 44.2 Å². The number of amidine groups is 1. The van der Waals surface area contributed by atoms with Gasteiger partial charge >= 0.3 is 0 Å². The Morgan fingerprint density at radius 3 is 2.86 bits per heavy atom. The van der Waals surface area contributed by atoms with Crippen molar-refractivity contribution in [2.24, 2.45) is 0 Å². The van der Waals surface area contributed by atoms with Crippen molar-refractivity contribution in [3.8, 4) is 0 Å². The van der Waals surface area contributed by atoms with Crippen molar-refractivity contribution in [1.29, 1.82) is 5.41 Å². The van der Waals surface area contributed by atoms with E-state index in [1.165, 1.54) is 6.42 Å². The second kappa shape index (κ2) is 5.49. The minimum Gasteiger partial charge on any atom is -0.361 e. The summed E-state index contributed by atoms with van der Waals surface area (Å²) < 4.78 is 11.1. The Hall–Kier alpha value is -0.380. The molecule has 2 unspecified atom stereocenters. The van der Waals surface area contributed by atoms with Gasteiger partial charge in [0.15, 0.2) is 0 Å². The van der Waals surface area contributed by atoms with Gasteiger partial charge in [-0.05, 0) is 19.3 Å². The molecule has 0 saturated carbocycles. The standard InChI is InChI=1S/C10H20N2OS/c1-9(14(2)13)6-8-12-7-4-3-5-10(12)11/h9,11H,3-8H2,1-2H3. The second-order valence-electron chi connectivity index (χ2n) is 3.99. The average Bonchev–Trinajstić information content (AvgIpc) is 2.16. The normalized spacial score (nSPS) is 22.1. The monoisotopic (exact) mass is 216 g/mol. The van der Waals surface area contributed by atoms with Crippen molar-refractivity contribution in [2.75, 3.05) is 19.3 Å². The van der Waals surface area contributed by atoms with E-state index in [9.17, 15) is 4.21 Å². The summed E-state index contributed by atoms with van der Waals surface area (Å²) in [7, 11) is -0.723. The summed E-state index contributed by atoms with van der Waals surface area (Å²) in [5, 5.41) is 8.00. The summed E-state index contributed by atoms with van der Waals surface area (Å²) in [5.41, 5.74) is 0. The molecule has 1 fully saturated rings. The van der Waals surface area contributed by atoms with Gasteiger partial charge in [-0.1, -0.05) is 6.92 Å². The van der Waals surface area contributed by atoms with Crippen LogP contribution in [0.1, 0.15) is 32.6 Å². The summed E-state index contributed by atoms with van der Waals surface area (Å²) in [6.45, 7) is 3.94. The Morgan fingerprint density at radius 2 is 2.29 bits per heavy atom. The minimum atomic E-state index is -0.723. The van der Waals surface area contributed by atoms with Gasteiger partial charge < -0.3 is 4.90 Å². The molecule has 1 saturated heterocycles. The minimum absolute atomic E-state index is 0.254. The third kappa shape index (κ3) is 3.40. The third-order valence-corrected chi connectivity index (χ3v) is 4.21. The molecule has 1 N–H and O–H groups in total. The Bertz CT molecular complexity index is 230. The van der Waals surface area contributed by atoms with Crippen LogP contribution in [0.3, 0.4) is 0 Å². The lowest BCUT2D eigenvalue weighted by Gasteiger charge is -2.29. The summed E-state index contributed by atoms with van der Waals surface area (Å²) >= 11 is 0. The smallest absolute Gasteiger partial charge is 0.0957 e. The first kappa shape index (κ1) is 11.7. The fraction of sp³-hybridized carbons (Fsp3) is 0.900. The molecular formula is C10H20N2OS. The Balaban J connectivity index is 2.29. The first-order valence-electron chi connectivity index (χ1n) is 5.26. The molecule has 0 bridgehead atoms. The number of hydrogen-bond donors (Lipinski definition) is 1. The number of rotatable bonds is 4. The Labute approximate surface area is 88.8 Å². The molecule has 0 aromatic carbocycles. The highest BCUT2D eigenvalue weighted by Gasteiger charge is 2.16. The lowest BCUT2D eigenvalue weighted by atomic mass is 10.1. The molecule has 0 aliphatic carbocycles. The maximum atomic E-state index is 11.1. The lowest BCUT2D eigenvalue weighted by molar-refractivity contribution is 0.361. The average molecular weight is 216 g/mol. The van der Waals surface area contributed by atoms with E-state index in [0.717, 1.165) is 38.2 Å². The van der Waals surface area contributed by atoms with E-state index >= 15 is 0 Å². The van der Waals surface area contributed by atoms with Gasteiger partial charge in [0.25, 0.3) is 0 Å². The molecule has 14 heavy (non-hydrogen) atoms. The van der Waals surface area contributed by atoms with Gasteiger partial charge in [-0.3, -0.25) is 9.62 Å². The fourth-order valence-corrected chi connectivity index (χ4v) is 2.08. The zero-order valence-electron chi connectivity index (χ0n) is 9.08. The first-order valence-corrected chi connectivity index (χ1v) is 6.88. The summed E-state index contributed by atoms with van der Waals surface area (Å²) in [4.78, 5) is 2.13. The van der Waals surface area contributed by atoms with E-state index in [-0.39, 0.29) is 5.25 Å². The molecule has 0 aromatic heterocycles. The van der Waals surface area contributed by atoms with Crippen molar-refractivity contribution in [1.82, 2.24) is 4.90 Å². The highest BCUT2D eigenvalue weighted by atomic mass is 32.2. The molecule has 4 heteroatoms. The van der Waals surface area contributed by atoms with Crippen LogP contribution in [-0.4, -0.2) is 39.5 Å². The summed E-state index contributed by atoms with van der Waals surface area (Å²) in [6.07, 6.45) is 5.97. The Morgan fingerprint density at radius 1 is 1.57 bits per heavy atom. The molecule has 3 nitrogen and oxygen atoms in total. The van der Waals surface area contributed by atoms with Crippen LogP contribution in [0.2, 0.25) is 0 Å². The van der Waals surface area contributed by atoms with Crippen LogP contribution in [0, 0.1) is 5.41 Å². The quantitative estimate of drug-likeness (QED) is 0.776. The number of piperidine rings is 1. The highest BCUT2D eigenvalue weighted by Crippen LogP contribution is 2.12. The van der Waals surface area contributed by atoms with Gasteiger partial charge in [0.1, 0.15) is 0 Å². The largest absolute Gasteiger partial charge is 0.361 e. The molecular weight excluding hydrogens is 196 g/mol. The van der Waals surface area contributed by atoms with Crippen molar-refractivity contribution in [2.45, 2.75) is 37.9 Å². The zero-order chi connectivity index (χ0) is 10.6. The molecule has 82 valence electrons. The van der Waals surface area contributed by atoms with E-state index in [1.54, 1.807) is 6.26 Å². The van der Waals surface area contributed by atoms with E-state index in [2.05, 4.69) is 4.90 Å². The molecule has 2 atom stereocenters. The number of nitrogens with zero attached hydrogens (tertiary/aromatic N) is 1. The zero-order valence-corrected chi connectivity index (χ0v) is 9.90. The van der Waals surface area contributed by atoms with Gasteiger partial charge in [0.05, 0.1) is 5.84 Å². The molecule has 0 spiro atoms. The SMILES string of the molecule is CC(CCN1CCCCC1=N)S(C)=O. The van der Waals surface area contributed by atoms with Crippen LogP contribution < -0.4 is 0 Å². The van der Waals surface area contributed by atoms with Gasteiger partial charge in [0.2, 0.25) is 0 Å². The van der Waals surface area contributed by atoms with Crippen LogP contribution in [-0.2, 0) is 10.8 Å². The van der Waals surface area contributed by atoms with E-state index < -0.39 is 10.8 Å². The van der Waals surface area contributed by atoms with Gasteiger partial charge in [0, 0.05) is 41.8 Å². The van der Waals surface area contributed by atoms with E-state index in [0.29, 0.717) is 0 Å². The first-order chi connectivity index (χ1) is 6.61. The number of hydrogen-bond acceptors (Lipinski definition) is 2. The van der Waals surface area contributed by atoms with E-state index in [4.69, 9.17) is 5.41 Å². The van der Waals surface area contributed by atoms with Gasteiger partial charge in [-0.2, -0.15) is 0 Å². The number of likely N-dealkylation sites (tertiary alicyclic amines) is 1. The molecule has 1 rings (SSSR count). The van der Waals surface area contributed by atoms with E-state index in [1.807, 2.05) is 6.92 Å². The van der Waals surface area contributed by atoms with Crippen molar-refractivity contribution >= 4 is 16.6 Å². The summed E-state index contributed by atoms with van der Waals surface area (Å²) in [5.74, 6) is 0.769. The highest BCUT2D eigenvalue weighted by molar-refractivity contribution is 7.84. The van der Waals surface area contributed by atoms with Crippen LogP contribution in [0.4, 0.5) is 0 Å². The number of nitrogens with one attached hydrogen (secondary N) is 1. The molecule has 0 amide bonds. The fourth-order valence-electron chi connectivity index (χ4n) is 1.64. The maximum Gasteiger partial charge on any atom is 0.0957 e. The van der Waals surface area contributed by atoms with Crippen LogP contribution >= 0.6 is 0 Å². The molecule has 1 aliphatic rings. The van der Waals surface area contributed by atoms with Crippen molar-refractivity contribution in [3.05, 3.63) is 0 Å². The predicted molar refractivity (Wildman–Crippen MR) is 61.3 cm³/mol. The summed E-state index contributed by atoms with van der Waals surface area (Å²) in [6, 6.07) is 0. The Kier molecular flexibility index (Phi) is 4.58. The van der Waals surface area contributed by atoms with Crippen LogP contribution in [0.15, 0.2) is 0 Å². The van der Waals surface area contributed by atoms with Gasteiger partial charge in [-0.15, -0.1) is 0 Å². The van der Waals surface area contributed by atoms with Crippen LogP contribution in [0.5, 0.6) is 0 Å². The molecule has 0 radical (unpaired) electrons. The predicted octanol–water partition coefficient (Wildman–Crippen LogP) is 1.61. The molecule has 1 aliphatic heterocycles. The van der Waals surface area contributed by atoms with Crippen molar-refractivity contribution in [3.63, 3.8) is 0 Å². The second-order valence-corrected chi connectivity index (χ2v) is 5.79. The molecule has 1 heterocycles. The van der Waals surface area contributed by atoms with Gasteiger partial charge in [-0.25, -0.2) is 0 Å².